The third-order valence-electron chi connectivity index (χ3n) is 5.40. The van der Waals surface area contributed by atoms with Gasteiger partial charge in [0.1, 0.15) is 0 Å². The van der Waals surface area contributed by atoms with Crippen LogP contribution in [0.15, 0.2) is 53.9 Å². The van der Waals surface area contributed by atoms with Gasteiger partial charge in [-0.3, -0.25) is 9.88 Å². The summed E-state index contributed by atoms with van der Waals surface area (Å²) in [7, 11) is 2.23. The van der Waals surface area contributed by atoms with Gasteiger partial charge >= 0.3 is 0 Å². The number of nitrogens with zero attached hydrogens (tertiary/aromatic N) is 3. The first kappa shape index (κ1) is 16.6. The highest BCUT2D eigenvalue weighted by Gasteiger charge is 2.37. The first-order valence-electron chi connectivity index (χ1n) is 8.79. The molecule has 0 saturated carbocycles. The van der Waals surface area contributed by atoms with Crippen LogP contribution in [0.5, 0.6) is 0 Å². The van der Waals surface area contributed by atoms with E-state index in [2.05, 4.69) is 22.1 Å². The first-order chi connectivity index (χ1) is 12.2. The third kappa shape index (κ3) is 3.55. The molecule has 2 aliphatic rings. The highest BCUT2D eigenvalue weighted by molar-refractivity contribution is 6.30. The lowest BCUT2D eigenvalue weighted by Crippen LogP contribution is -2.40. The molecule has 2 aromatic rings. The molecule has 3 heterocycles. The lowest BCUT2D eigenvalue weighted by Gasteiger charge is -2.31. The Morgan fingerprint density at radius 2 is 1.64 bits per heavy atom. The van der Waals surface area contributed by atoms with Gasteiger partial charge in [-0.05, 0) is 49.7 Å². The molecule has 130 valence electrons. The SMILES string of the molecule is CN1C2CCC1CC(=NOC(c1ccncc1)c1ccc(Cl)cc1)C2. The van der Waals surface area contributed by atoms with Crippen LogP contribution in [0.2, 0.25) is 5.02 Å². The second-order valence-electron chi connectivity index (χ2n) is 6.93. The minimum Gasteiger partial charge on any atom is -0.383 e. The number of halogens is 1. The van der Waals surface area contributed by atoms with Crippen LogP contribution in [0.1, 0.15) is 42.9 Å². The Morgan fingerprint density at radius 1 is 1.04 bits per heavy atom. The van der Waals surface area contributed by atoms with Crippen molar-refractivity contribution in [2.45, 2.75) is 43.9 Å². The average Bonchev–Trinajstić information content (AvgIpc) is 2.85. The largest absolute Gasteiger partial charge is 0.383 e. The van der Waals surface area contributed by atoms with Crippen molar-refractivity contribution in [3.8, 4) is 0 Å². The molecular formula is C20H22ClN3O. The quantitative estimate of drug-likeness (QED) is 0.760. The summed E-state index contributed by atoms with van der Waals surface area (Å²) in [6.45, 7) is 0. The van der Waals surface area contributed by atoms with Gasteiger partial charge in [0.2, 0.25) is 0 Å². The molecule has 0 N–H and O–H groups in total. The maximum absolute atomic E-state index is 6.05. The fourth-order valence-electron chi connectivity index (χ4n) is 3.90. The molecule has 0 spiro atoms. The second-order valence-corrected chi connectivity index (χ2v) is 7.37. The van der Waals surface area contributed by atoms with Gasteiger partial charge in [-0.15, -0.1) is 0 Å². The number of rotatable bonds is 4. The molecule has 0 amide bonds. The predicted octanol–water partition coefficient (Wildman–Crippen LogP) is 4.45. The van der Waals surface area contributed by atoms with E-state index in [1.165, 1.54) is 18.6 Å². The normalized spacial score (nSPS) is 24.2. The van der Waals surface area contributed by atoms with Gasteiger partial charge in [0.25, 0.3) is 0 Å². The van der Waals surface area contributed by atoms with Crippen molar-refractivity contribution in [3.05, 3.63) is 64.9 Å². The summed E-state index contributed by atoms with van der Waals surface area (Å²) in [5.74, 6) is 0. The Labute approximate surface area is 153 Å². The predicted molar refractivity (Wildman–Crippen MR) is 99.9 cm³/mol. The lowest BCUT2D eigenvalue weighted by molar-refractivity contribution is 0.0839. The van der Waals surface area contributed by atoms with Crippen LogP contribution in [-0.4, -0.2) is 34.7 Å². The number of aromatic nitrogens is 1. The summed E-state index contributed by atoms with van der Waals surface area (Å²) >= 11 is 6.03. The van der Waals surface area contributed by atoms with E-state index in [0.29, 0.717) is 12.1 Å². The fraction of sp³-hybridized carbons (Fsp3) is 0.400. The van der Waals surface area contributed by atoms with Crippen LogP contribution < -0.4 is 0 Å². The monoisotopic (exact) mass is 355 g/mol. The van der Waals surface area contributed by atoms with Gasteiger partial charge in [0.05, 0.1) is 5.71 Å². The molecule has 2 saturated heterocycles. The number of benzene rings is 1. The molecule has 2 bridgehead atoms. The molecule has 2 fully saturated rings. The van der Waals surface area contributed by atoms with Crippen molar-refractivity contribution in [2.75, 3.05) is 7.05 Å². The van der Waals surface area contributed by atoms with Gasteiger partial charge in [-0.1, -0.05) is 28.9 Å². The van der Waals surface area contributed by atoms with E-state index >= 15 is 0 Å². The Bertz CT molecular complexity index is 731. The second kappa shape index (κ2) is 7.14. The smallest absolute Gasteiger partial charge is 0.177 e. The highest BCUT2D eigenvalue weighted by atomic mass is 35.5. The van der Waals surface area contributed by atoms with Crippen molar-refractivity contribution in [1.29, 1.82) is 0 Å². The number of oxime groups is 1. The molecule has 1 aromatic heterocycles. The van der Waals surface area contributed by atoms with Crippen LogP contribution in [-0.2, 0) is 4.84 Å². The van der Waals surface area contributed by atoms with E-state index in [1.807, 2.05) is 36.4 Å². The lowest BCUT2D eigenvalue weighted by atomic mass is 10.0. The summed E-state index contributed by atoms with van der Waals surface area (Å²) in [5.41, 5.74) is 3.26. The number of fused-ring (bicyclic) bond motifs is 2. The molecule has 0 aliphatic carbocycles. The Hall–Kier alpha value is -1.91. The molecular weight excluding hydrogens is 334 g/mol. The summed E-state index contributed by atoms with van der Waals surface area (Å²) in [6, 6.07) is 12.9. The van der Waals surface area contributed by atoms with E-state index in [0.717, 1.165) is 29.0 Å². The first-order valence-corrected chi connectivity index (χ1v) is 9.17. The number of hydrogen-bond acceptors (Lipinski definition) is 4. The van der Waals surface area contributed by atoms with Gasteiger partial charge in [0.15, 0.2) is 6.10 Å². The summed E-state index contributed by atoms with van der Waals surface area (Å²) < 4.78 is 0. The molecule has 5 heteroatoms. The van der Waals surface area contributed by atoms with Crippen molar-refractivity contribution < 1.29 is 4.84 Å². The van der Waals surface area contributed by atoms with E-state index in [1.54, 1.807) is 12.4 Å². The summed E-state index contributed by atoms with van der Waals surface area (Å²) in [5, 5.41) is 5.29. The molecule has 4 rings (SSSR count). The van der Waals surface area contributed by atoms with Crippen LogP contribution in [0.25, 0.3) is 0 Å². The van der Waals surface area contributed by atoms with Gasteiger partial charge in [-0.25, -0.2) is 0 Å². The minimum absolute atomic E-state index is 0.245. The molecule has 4 nitrogen and oxygen atoms in total. The zero-order chi connectivity index (χ0) is 17.2. The summed E-state index contributed by atoms with van der Waals surface area (Å²) in [4.78, 5) is 12.7. The van der Waals surface area contributed by atoms with Crippen LogP contribution in [0.3, 0.4) is 0 Å². The highest BCUT2D eigenvalue weighted by Crippen LogP contribution is 2.34. The number of piperidine rings is 1. The molecule has 2 aliphatic heterocycles. The number of pyridine rings is 1. The Morgan fingerprint density at radius 3 is 2.28 bits per heavy atom. The van der Waals surface area contributed by atoms with E-state index in [4.69, 9.17) is 16.4 Å². The molecule has 1 aromatic carbocycles. The summed E-state index contributed by atoms with van der Waals surface area (Å²) in [6.07, 6.45) is 7.88. The third-order valence-corrected chi connectivity index (χ3v) is 5.65. The Kier molecular flexibility index (Phi) is 4.73. The minimum atomic E-state index is -0.245. The maximum Gasteiger partial charge on any atom is 0.177 e. The average molecular weight is 356 g/mol. The molecule has 25 heavy (non-hydrogen) atoms. The van der Waals surface area contributed by atoms with E-state index < -0.39 is 0 Å². The maximum atomic E-state index is 6.05. The van der Waals surface area contributed by atoms with Crippen molar-refractivity contribution in [2.24, 2.45) is 5.16 Å². The van der Waals surface area contributed by atoms with Crippen molar-refractivity contribution >= 4 is 17.3 Å². The Balaban J connectivity index is 1.57. The fourth-order valence-corrected chi connectivity index (χ4v) is 4.03. The molecule has 0 radical (unpaired) electrons. The van der Waals surface area contributed by atoms with E-state index in [-0.39, 0.29) is 6.10 Å². The van der Waals surface area contributed by atoms with Crippen LogP contribution >= 0.6 is 11.6 Å². The van der Waals surface area contributed by atoms with Gasteiger partial charge in [0, 0.05) is 47.9 Å². The van der Waals surface area contributed by atoms with Crippen LogP contribution in [0.4, 0.5) is 0 Å². The van der Waals surface area contributed by atoms with E-state index in [9.17, 15) is 0 Å². The standard InChI is InChI=1S/C20H22ClN3O/c1-24-18-6-7-19(24)13-17(12-18)23-25-20(15-8-10-22-11-9-15)14-2-4-16(21)5-3-14/h2-5,8-11,18-20H,6-7,12-13H2,1H3. The van der Waals surface area contributed by atoms with Gasteiger partial charge in [-0.2, -0.15) is 0 Å². The zero-order valence-electron chi connectivity index (χ0n) is 14.3. The van der Waals surface area contributed by atoms with Crippen LogP contribution in [0, 0.1) is 0 Å². The molecule has 3 unspecified atom stereocenters. The zero-order valence-corrected chi connectivity index (χ0v) is 15.1. The topological polar surface area (TPSA) is 37.7 Å². The van der Waals surface area contributed by atoms with Crippen molar-refractivity contribution in [1.82, 2.24) is 9.88 Å². The van der Waals surface area contributed by atoms with Gasteiger partial charge < -0.3 is 4.84 Å². The van der Waals surface area contributed by atoms with Crippen molar-refractivity contribution in [3.63, 3.8) is 0 Å². The molecule has 3 atom stereocenters. The number of hydrogen-bond donors (Lipinski definition) is 0.